The molecule has 0 spiro atoms. The molecule has 0 aliphatic heterocycles. The summed E-state index contributed by atoms with van der Waals surface area (Å²) in [6.07, 6.45) is 1.35. The molecule has 0 bridgehead atoms. The Labute approximate surface area is 63.3 Å². The van der Waals surface area contributed by atoms with Crippen LogP contribution in [0.3, 0.4) is 0 Å². The molecule has 0 saturated carbocycles. The van der Waals surface area contributed by atoms with E-state index >= 15 is 0 Å². The highest BCUT2D eigenvalue weighted by molar-refractivity contribution is 8.01. The zero-order valence-corrected chi connectivity index (χ0v) is 6.19. The van der Waals surface area contributed by atoms with Crippen molar-refractivity contribution < 1.29 is 13.2 Å². The second-order valence-electron chi connectivity index (χ2n) is 1.35. The number of hydrogen-bond acceptors (Lipinski definition) is 3. The molecule has 0 aliphatic rings. The molecule has 1 aromatic heterocycles. The number of halogens is 3. The molecule has 56 valence electrons. The van der Waals surface area contributed by atoms with Crippen LogP contribution in [0.2, 0.25) is 0 Å². The van der Waals surface area contributed by atoms with Crippen LogP contribution in [-0.2, 0) is 0 Å². The van der Waals surface area contributed by atoms with Crippen LogP contribution in [0, 0.1) is 0 Å². The molecule has 1 aromatic rings. The van der Waals surface area contributed by atoms with Crippen LogP contribution < -0.4 is 0 Å². The zero-order chi connectivity index (χ0) is 7.61. The molecule has 0 aromatic carbocycles. The number of rotatable bonds is 1. The zero-order valence-electron chi connectivity index (χ0n) is 4.55. The third-order valence-corrected chi connectivity index (χ3v) is 2.23. The number of thiazole rings is 1. The normalized spacial score (nSPS) is 11.9. The fourth-order valence-corrected chi connectivity index (χ4v) is 1.67. The van der Waals surface area contributed by atoms with Gasteiger partial charge in [0.05, 0.1) is 0 Å². The van der Waals surface area contributed by atoms with Gasteiger partial charge >= 0.3 is 5.51 Å². The van der Waals surface area contributed by atoms with E-state index in [-0.39, 0.29) is 16.1 Å². The first-order chi connectivity index (χ1) is 4.58. The van der Waals surface area contributed by atoms with Gasteiger partial charge < -0.3 is 0 Å². The molecule has 1 nitrogen and oxygen atoms in total. The second-order valence-corrected chi connectivity index (χ2v) is 3.55. The lowest BCUT2D eigenvalue weighted by atomic mass is 11.0. The van der Waals surface area contributed by atoms with E-state index in [2.05, 4.69) is 4.98 Å². The van der Waals surface area contributed by atoms with E-state index in [1.165, 1.54) is 11.6 Å². The lowest BCUT2D eigenvalue weighted by Crippen LogP contribution is -1.98. The Bertz CT molecular complexity index is 193. The summed E-state index contributed by atoms with van der Waals surface area (Å²) in [6, 6.07) is 0. The molecule has 0 aliphatic carbocycles. The maximum absolute atomic E-state index is 11.5. The SMILES string of the molecule is FC(F)(F)Sc1nccs1. The van der Waals surface area contributed by atoms with Crippen molar-refractivity contribution in [1.82, 2.24) is 4.98 Å². The first-order valence-electron chi connectivity index (χ1n) is 2.23. The van der Waals surface area contributed by atoms with Gasteiger partial charge in [-0.2, -0.15) is 13.2 Å². The van der Waals surface area contributed by atoms with Crippen molar-refractivity contribution in [3.63, 3.8) is 0 Å². The maximum Gasteiger partial charge on any atom is 0.448 e. The van der Waals surface area contributed by atoms with Gasteiger partial charge in [-0.15, -0.1) is 11.3 Å². The van der Waals surface area contributed by atoms with Gasteiger partial charge in [0.15, 0.2) is 4.34 Å². The number of thioether (sulfide) groups is 1. The molecule has 10 heavy (non-hydrogen) atoms. The summed E-state index contributed by atoms with van der Waals surface area (Å²) in [6.45, 7) is 0. The Balaban J connectivity index is 2.57. The van der Waals surface area contributed by atoms with Crippen LogP contribution in [0.15, 0.2) is 15.9 Å². The number of aromatic nitrogens is 1. The minimum atomic E-state index is -4.21. The van der Waals surface area contributed by atoms with Crippen LogP contribution in [0.25, 0.3) is 0 Å². The minimum absolute atomic E-state index is 0.0347. The minimum Gasteiger partial charge on any atom is -0.238 e. The third kappa shape index (κ3) is 2.57. The van der Waals surface area contributed by atoms with Gasteiger partial charge in [0.25, 0.3) is 0 Å². The van der Waals surface area contributed by atoms with Crippen molar-refractivity contribution in [3.05, 3.63) is 11.6 Å². The van der Waals surface area contributed by atoms with Gasteiger partial charge in [0, 0.05) is 23.3 Å². The van der Waals surface area contributed by atoms with Crippen molar-refractivity contribution in [2.45, 2.75) is 9.85 Å². The highest BCUT2D eigenvalue weighted by Crippen LogP contribution is 2.37. The Kier molecular flexibility index (Phi) is 2.20. The van der Waals surface area contributed by atoms with Crippen molar-refractivity contribution in [1.29, 1.82) is 0 Å². The molecule has 6 heteroatoms. The maximum atomic E-state index is 11.5. The summed E-state index contributed by atoms with van der Waals surface area (Å²) in [5, 5.41) is 1.51. The van der Waals surface area contributed by atoms with Crippen LogP contribution >= 0.6 is 23.1 Å². The number of nitrogens with zero attached hydrogens (tertiary/aromatic N) is 1. The Morgan fingerprint density at radius 1 is 1.50 bits per heavy atom. The molecule has 0 saturated heterocycles. The van der Waals surface area contributed by atoms with Crippen LogP contribution in [0.1, 0.15) is 0 Å². The molecular formula is C4H2F3NS2. The summed E-state index contributed by atoms with van der Waals surface area (Å²) < 4.78 is 34.7. The van der Waals surface area contributed by atoms with Gasteiger partial charge in [-0.25, -0.2) is 4.98 Å². The number of alkyl halides is 3. The van der Waals surface area contributed by atoms with E-state index in [0.29, 0.717) is 0 Å². The smallest absolute Gasteiger partial charge is 0.238 e. The quantitative estimate of drug-likeness (QED) is 0.624. The molecule has 1 heterocycles. The summed E-state index contributed by atoms with van der Waals surface area (Å²) in [5.74, 6) is 0. The molecule has 0 atom stereocenters. The van der Waals surface area contributed by atoms with E-state index in [0.717, 1.165) is 11.3 Å². The summed E-state index contributed by atoms with van der Waals surface area (Å²) in [7, 11) is 0. The largest absolute Gasteiger partial charge is 0.448 e. The topological polar surface area (TPSA) is 12.9 Å². The molecule has 0 amide bonds. The average Bonchev–Trinajstić information content (AvgIpc) is 2.12. The fraction of sp³-hybridized carbons (Fsp3) is 0.250. The first kappa shape index (κ1) is 7.87. The van der Waals surface area contributed by atoms with Crippen molar-refractivity contribution in [3.8, 4) is 0 Å². The van der Waals surface area contributed by atoms with Crippen molar-refractivity contribution >= 4 is 23.1 Å². The second kappa shape index (κ2) is 2.79. The molecule has 0 radical (unpaired) electrons. The van der Waals surface area contributed by atoms with Crippen molar-refractivity contribution in [2.75, 3.05) is 0 Å². The monoisotopic (exact) mass is 185 g/mol. The van der Waals surface area contributed by atoms with Gasteiger partial charge in [-0.3, -0.25) is 0 Å². The van der Waals surface area contributed by atoms with Gasteiger partial charge in [-0.05, 0) is 0 Å². The Morgan fingerprint density at radius 3 is 2.60 bits per heavy atom. The first-order valence-corrected chi connectivity index (χ1v) is 3.93. The van der Waals surface area contributed by atoms with Crippen LogP contribution in [-0.4, -0.2) is 10.5 Å². The Morgan fingerprint density at radius 2 is 2.20 bits per heavy atom. The lowest BCUT2D eigenvalue weighted by molar-refractivity contribution is -0.0328. The summed E-state index contributed by atoms with van der Waals surface area (Å²) in [5.41, 5.74) is -4.21. The van der Waals surface area contributed by atoms with Gasteiger partial charge in [0.1, 0.15) is 0 Å². The van der Waals surface area contributed by atoms with E-state index in [9.17, 15) is 13.2 Å². The summed E-state index contributed by atoms with van der Waals surface area (Å²) in [4.78, 5) is 3.46. The average molecular weight is 185 g/mol. The molecule has 0 unspecified atom stereocenters. The molecule has 0 N–H and O–H groups in total. The standard InChI is InChI=1S/C4H2F3NS2/c5-4(6,7)10-3-8-1-2-9-3/h1-2H. The van der Waals surface area contributed by atoms with E-state index in [1.54, 1.807) is 0 Å². The molecule has 0 fully saturated rings. The lowest BCUT2D eigenvalue weighted by Gasteiger charge is -1.99. The predicted molar refractivity (Wildman–Crippen MR) is 34.0 cm³/mol. The van der Waals surface area contributed by atoms with Gasteiger partial charge in [-0.1, -0.05) is 0 Å². The highest BCUT2D eigenvalue weighted by atomic mass is 32.2. The highest BCUT2D eigenvalue weighted by Gasteiger charge is 2.30. The fourth-order valence-electron chi connectivity index (χ4n) is 0.360. The van der Waals surface area contributed by atoms with Gasteiger partial charge in [0.2, 0.25) is 0 Å². The van der Waals surface area contributed by atoms with E-state index in [1.807, 2.05) is 0 Å². The van der Waals surface area contributed by atoms with Crippen molar-refractivity contribution in [2.24, 2.45) is 0 Å². The number of hydrogen-bond donors (Lipinski definition) is 0. The third-order valence-electron chi connectivity index (χ3n) is 0.613. The predicted octanol–water partition coefficient (Wildman–Crippen LogP) is 2.75. The Hall–Kier alpha value is -0.230. The van der Waals surface area contributed by atoms with Crippen LogP contribution in [0.5, 0.6) is 0 Å². The van der Waals surface area contributed by atoms with E-state index < -0.39 is 5.51 Å². The molecular weight excluding hydrogens is 183 g/mol. The summed E-state index contributed by atoms with van der Waals surface area (Å²) >= 11 is 0.796. The molecule has 1 rings (SSSR count). The van der Waals surface area contributed by atoms with E-state index in [4.69, 9.17) is 0 Å². The van der Waals surface area contributed by atoms with Crippen LogP contribution in [0.4, 0.5) is 13.2 Å².